The van der Waals surface area contributed by atoms with E-state index >= 15 is 0 Å². The van der Waals surface area contributed by atoms with Gasteiger partial charge in [0.05, 0.1) is 11.1 Å². The number of rotatable bonds is 3. The number of nitrogens with zero attached hydrogens (tertiary/aromatic N) is 1. The van der Waals surface area contributed by atoms with Gasteiger partial charge in [-0.1, -0.05) is 46.3 Å². The van der Waals surface area contributed by atoms with Crippen LogP contribution in [0.5, 0.6) is 5.75 Å². The second-order valence-electron chi connectivity index (χ2n) is 6.17. The van der Waals surface area contributed by atoms with Crippen molar-refractivity contribution in [2.24, 2.45) is 0 Å². The van der Waals surface area contributed by atoms with Crippen LogP contribution in [0.4, 0.5) is 0 Å². The molecule has 26 heavy (non-hydrogen) atoms. The van der Waals surface area contributed by atoms with Crippen molar-refractivity contribution < 1.29 is 9.90 Å². The molecule has 3 nitrogen and oxygen atoms in total. The van der Waals surface area contributed by atoms with E-state index in [1.165, 1.54) is 0 Å². The first-order chi connectivity index (χ1) is 12.6. The van der Waals surface area contributed by atoms with Crippen LogP contribution in [0.3, 0.4) is 0 Å². The highest BCUT2D eigenvalue weighted by molar-refractivity contribution is 9.10. The van der Waals surface area contributed by atoms with Gasteiger partial charge in [-0.2, -0.15) is 0 Å². The Bertz CT molecular complexity index is 1110. The number of aromatic hydroxyl groups is 1. The first-order valence-electron chi connectivity index (χ1n) is 8.26. The molecule has 4 rings (SSSR count). The van der Waals surface area contributed by atoms with Crippen molar-refractivity contribution in [3.63, 3.8) is 0 Å². The molecule has 3 aromatic carbocycles. The van der Waals surface area contributed by atoms with Crippen molar-refractivity contribution in [2.45, 2.75) is 6.92 Å². The second-order valence-corrected chi connectivity index (χ2v) is 7.08. The topological polar surface area (TPSA) is 42.2 Å². The van der Waals surface area contributed by atoms with E-state index in [0.29, 0.717) is 11.1 Å². The number of hydrogen-bond donors (Lipinski definition) is 1. The maximum absolute atomic E-state index is 13.2. The summed E-state index contributed by atoms with van der Waals surface area (Å²) < 4.78 is 3.05. The lowest BCUT2D eigenvalue weighted by Gasteiger charge is -2.09. The molecule has 1 heterocycles. The van der Waals surface area contributed by atoms with Gasteiger partial charge < -0.3 is 9.67 Å². The molecular weight excluding hydrogens is 390 g/mol. The molecule has 0 radical (unpaired) electrons. The summed E-state index contributed by atoms with van der Waals surface area (Å²) in [7, 11) is 0. The average Bonchev–Trinajstić information content (AvgIpc) is 2.94. The van der Waals surface area contributed by atoms with Crippen LogP contribution in [0.1, 0.15) is 21.6 Å². The number of carbonyl (C=O) groups is 1. The number of phenols is 1. The maximum atomic E-state index is 13.2. The molecule has 0 bridgehead atoms. The normalized spacial score (nSPS) is 11.0. The van der Waals surface area contributed by atoms with E-state index in [-0.39, 0.29) is 11.5 Å². The van der Waals surface area contributed by atoms with E-state index in [2.05, 4.69) is 20.5 Å². The number of ketones is 1. The van der Waals surface area contributed by atoms with E-state index in [0.717, 1.165) is 26.8 Å². The molecule has 4 heteroatoms. The van der Waals surface area contributed by atoms with Crippen LogP contribution in [0, 0.1) is 6.92 Å². The number of halogens is 1. The summed E-state index contributed by atoms with van der Waals surface area (Å²) in [6.45, 7) is 1.94. The summed E-state index contributed by atoms with van der Waals surface area (Å²) in [5.74, 6) is 0.0992. The van der Waals surface area contributed by atoms with E-state index in [4.69, 9.17) is 0 Å². The average molecular weight is 406 g/mol. The van der Waals surface area contributed by atoms with Gasteiger partial charge in [0.25, 0.3) is 0 Å². The Morgan fingerprint density at radius 1 is 0.962 bits per heavy atom. The minimum atomic E-state index is -0.0467. The SMILES string of the molecule is Cc1c(C(=O)c2ccccc2)c2cc(O)ccc2n1-c1ccc(Br)cc1. The fraction of sp³-hybridized carbons (Fsp3) is 0.0455. The molecular formula is C22H16BrNO2. The lowest BCUT2D eigenvalue weighted by Crippen LogP contribution is -2.04. The van der Waals surface area contributed by atoms with Crippen molar-refractivity contribution >= 4 is 32.6 Å². The van der Waals surface area contributed by atoms with Gasteiger partial charge in [0.1, 0.15) is 5.75 Å². The van der Waals surface area contributed by atoms with E-state index < -0.39 is 0 Å². The molecule has 1 aromatic heterocycles. The molecule has 0 saturated carbocycles. The number of hydrogen-bond acceptors (Lipinski definition) is 2. The van der Waals surface area contributed by atoms with Crippen molar-refractivity contribution in [1.82, 2.24) is 4.57 Å². The van der Waals surface area contributed by atoms with Crippen LogP contribution in [0.25, 0.3) is 16.6 Å². The molecule has 1 N–H and O–H groups in total. The number of fused-ring (bicyclic) bond motifs is 1. The summed E-state index contributed by atoms with van der Waals surface area (Å²) >= 11 is 3.46. The van der Waals surface area contributed by atoms with Crippen LogP contribution in [0.2, 0.25) is 0 Å². The summed E-state index contributed by atoms with van der Waals surface area (Å²) in [4.78, 5) is 13.2. The van der Waals surface area contributed by atoms with Crippen molar-refractivity contribution in [3.8, 4) is 11.4 Å². The maximum Gasteiger partial charge on any atom is 0.195 e. The van der Waals surface area contributed by atoms with E-state index in [1.54, 1.807) is 12.1 Å². The van der Waals surface area contributed by atoms with Gasteiger partial charge in [-0.3, -0.25) is 4.79 Å². The van der Waals surface area contributed by atoms with E-state index in [1.807, 2.05) is 67.6 Å². The van der Waals surface area contributed by atoms with Crippen LogP contribution < -0.4 is 0 Å². The molecule has 0 fully saturated rings. The fourth-order valence-electron chi connectivity index (χ4n) is 3.35. The molecule has 0 aliphatic carbocycles. The fourth-order valence-corrected chi connectivity index (χ4v) is 3.61. The van der Waals surface area contributed by atoms with Crippen LogP contribution >= 0.6 is 15.9 Å². The van der Waals surface area contributed by atoms with Crippen LogP contribution in [-0.4, -0.2) is 15.5 Å². The third kappa shape index (κ3) is 2.72. The Morgan fingerprint density at radius 2 is 1.65 bits per heavy atom. The number of benzene rings is 3. The molecule has 0 aliphatic heterocycles. The number of phenolic OH excluding ortho intramolecular Hbond substituents is 1. The third-order valence-corrected chi connectivity index (χ3v) is 5.06. The predicted octanol–water partition coefficient (Wildman–Crippen LogP) is 5.64. The summed E-state index contributed by atoms with van der Waals surface area (Å²) in [5.41, 5.74) is 3.95. The first kappa shape index (κ1) is 16.6. The molecule has 128 valence electrons. The number of carbonyl (C=O) groups excluding carboxylic acids is 1. The largest absolute Gasteiger partial charge is 0.508 e. The Labute approximate surface area is 159 Å². The van der Waals surface area contributed by atoms with Gasteiger partial charge in [0.2, 0.25) is 0 Å². The van der Waals surface area contributed by atoms with Gasteiger partial charge in [-0.25, -0.2) is 0 Å². The molecule has 0 aliphatic rings. The highest BCUT2D eigenvalue weighted by Crippen LogP contribution is 2.33. The van der Waals surface area contributed by atoms with Crippen molar-refractivity contribution in [2.75, 3.05) is 0 Å². The highest BCUT2D eigenvalue weighted by Gasteiger charge is 2.22. The Morgan fingerprint density at radius 3 is 2.35 bits per heavy atom. The Balaban J connectivity index is 2.02. The van der Waals surface area contributed by atoms with Gasteiger partial charge in [-0.05, 0) is 49.4 Å². The highest BCUT2D eigenvalue weighted by atomic mass is 79.9. The molecule has 0 unspecified atom stereocenters. The molecule has 4 aromatic rings. The van der Waals surface area contributed by atoms with Gasteiger partial charge >= 0.3 is 0 Å². The van der Waals surface area contributed by atoms with Crippen LogP contribution in [0.15, 0.2) is 77.3 Å². The zero-order valence-corrected chi connectivity index (χ0v) is 15.7. The minimum absolute atomic E-state index is 0.0467. The smallest absolute Gasteiger partial charge is 0.195 e. The van der Waals surface area contributed by atoms with Gasteiger partial charge in [-0.15, -0.1) is 0 Å². The second kappa shape index (κ2) is 6.46. The molecule has 0 saturated heterocycles. The van der Waals surface area contributed by atoms with Crippen molar-refractivity contribution in [1.29, 1.82) is 0 Å². The van der Waals surface area contributed by atoms with Crippen LogP contribution in [-0.2, 0) is 0 Å². The molecule has 0 atom stereocenters. The quantitative estimate of drug-likeness (QED) is 0.448. The summed E-state index contributed by atoms with van der Waals surface area (Å²) in [5, 5.41) is 10.7. The Hall–Kier alpha value is -2.85. The lowest BCUT2D eigenvalue weighted by molar-refractivity contribution is 0.103. The van der Waals surface area contributed by atoms with Gasteiger partial charge in [0.15, 0.2) is 5.78 Å². The molecule has 0 amide bonds. The minimum Gasteiger partial charge on any atom is -0.508 e. The molecule has 0 spiro atoms. The number of aromatic nitrogens is 1. The zero-order chi connectivity index (χ0) is 18.3. The Kier molecular flexibility index (Phi) is 4.13. The standard InChI is InChI=1S/C22H16BrNO2/c1-14-21(22(26)15-5-3-2-4-6-15)19-13-18(25)11-12-20(19)24(14)17-9-7-16(23)8-10-17/h2-13,25H,1H3. The van der Waals surface area contributed by atoms with E-state index in [9.17, 15) is 9.90 Å². The summed E-state index contributed by atoms with van der Waals surface area (Å²) in [6.07, 6.45) is 0. The third-order valence-electron chi connectivity index (χ3n) is 4.54. The summed E-state index contributed by atoms with van der Waals surface area (Å²) in [6, 6.07) is 22.3. The zero-order valence-electron chi connectivity index (χ0n) is 14.1. The predicted molar refractivity (Wildman–Crippen MR) is 107 cm³/mol. The van der Waals surface area contributed by atoms with Gasteiger partial charge in [0, 0.05) is 26.8 Å². The van der Waals surface area contributed by atoms with Crippen molar-refractivity contribution in [3.05, 3.63) is 94.1 Å². The monoisotopic (exact) mass is 405 g/mol. The lowest BCUT2D eigenvalue weighted by atomic mass is 10.0. The first-order valence-corrected chi connectivity index (χ1v) is 9.05.